The molecule has 0 saturated heterocycles. The molecule has 5 rings (SSSR count). The number of carbonyl (C=O) groups excluding carboxylic acids is 1. The Hall–Kier alpha value is -2.48. The van der Waals surface area contributed by atoms with Crippen LogP contribution in [-0.2, 0) is 11.3 Å². The Bertz CT molecular complexity index is 1020. The molecule has 3 aromatic heterocycles. The number of imidazole rings is 1. The van der Waals surface area contributed by atoms with Crippen LogP contribution in [0.25, 0.3) is 5.65 Å². The summed E-state index contributed by atoms with van der Waals surface area (Å²) < 4.78 is 3.10. The summed E-state index contributed by atoms with van der Waals surface area (Å²) in [6.45, 7) is 0.542. The van der Waals surface area contributed by atoms with Crippen LogP contribution >= 0.6 is 15.9 Å². The maximum Gasteiger partial charge on any atom is 0.228 e. The standard InChI is InChI=1S/C19H19BrN6O/c20-15-5-13(11-1-2-11)8-26-9-14(24-18(15)26)7-21-16-6-17(23-10-22-16)25-19(27)12-3-4-12/h5-6,8-12H,1-4,7H2,(H2,21,22,23,25,27). The molecule has 0 atom stereocenters. The Balaban J connectivity index is 1.29. The van der Waals surface area contributed by atoms with E-state index >= 15 is 0 Å². The van der Waals surface area contributed by atoms with E-state index in [1.807, 2.05) is 6.20 Å². The minimum Gasteiger partial charge on any atom is -0.364 e. The number of amides is 1. The van der Waals surface area contributed by atoms with Crippen molar-refractivity contribution in [1.82, 2.24) is 19.4 Å². The second kappa shape index (κ2) is 6.60. The number of nitrogens with zero attached hydrogens (tertiary/aromatic N) is 4. The van der Waals surface area contributed by atoms with Crippen molar-refractivity contribution in [3.63, 3.8) is 0 Å². The molecule has 0 bridgehead atoms. The van der Waals surface area contributed by atoms with E-state index in [0.717, 1.165) is 28.7 Å². The molecular weight excluding hydrogens is 408 g/mol. The number of pyridine rings is 1. The Morgan fingerprint density at radius 1 is 1.15 bits per heavy atom. The SMILES string of the molecule is O=C(Nc1cc(NCc2cn3cc(C4CC4)cc(Br)c3n2)ncn1)C1CC1. The number of halogens is 1. The maximum atomic E-state index is 11.9. The van der Waals surface area contributed by atoms with Gasteiger partial charge in [-0.1, -0.05) is 0 Å². The number of carbonyl (C=O) groups is 1. The lowest BCUT2D eigenvalue weighted by Gasteiger charge is -2.06. The molecule has 3 aromatic rings. The first-order valence-corrected chi connectivity index (χ1v) is 9.99. The number of hydrogen-bond acceptors (Lipinski definition) is 5. The second-order valence-corrected chi connectivity index (χ2v) is 8.12. The Morgan fingerprint density at radius 3 is 2.74 bits per heavy atom. The van der Waals surface area contributed by atoms with E-state index in [9.17, 15) is 4.79 Å². The van der Waals surface area contributed by atoms with Crippen molar-refractivity contribution in [2.45, 2.75) is 38.1 Å². The third-order valence-corrected chi connectivity index (χ3v) is 5.53. The van der Waals surface area contributed by atoms with Gasteiger partial charge in [-0.25, -0.2) is 15.0 Å². The highest BCUT2D eigenvalue weighted by atomic mass is 79.9. The number of aromatic nitrogens is 4. The summed E-state index contributed by atoms with van der Waals surface area (Å²) in [5.74, 6) is 2.06. The van der Waals surface area contributed by atoms with Gasteiger partial charge >= 0.3 is 0 Å². The van der Waals surface area contributed by atoms with Crippen molar-refractivity contribution in [1.29, 1.82) is 0 Å². The molecule has 0 aromatic carbocycles. The summed E-state index contributed by atoms with van der Waals surface area (Å²) >= 11 is 3.64. The van der Waals surface area contributed by atoms with E-state index in [2.05, 4.69) is 53.2 Å². The Morgan fingerprint density at radius 2 is 1.96 bits per heavy atom. The number of fused-ring (bicyclic) bond motifs is 1. The van der Waals surface area contributed by atoms with Crippen LogP contribution in [0.15, 0.2) is 35.3 Å². The highest BCUT2D eigenvalue weighted by Gasteiger charge is 2.29. The molecule has 2 N–H and O–H groups in total. The first-order valence-electron chi connectivity index (χ1n) is 9.19. The quantitative estimate of drug-likeness (QED) is 0.627. The fourth-order valence-corrected chi connectivity index (χ4v) is 3.69. The van der Waals surface area contributed by atoms with E-state index in [0.29, 0.717) is 24.1 Å². The number of anilines is 2. The van der Waals surface area contributed by atoms with E-state index in [4.69, 9.17) is 4.98 Å². The highest BCUT2D eigenvalue weighted by Crippen LogP contribution is 2.41. The molecule has 0 aliphatic heterocycles. The molecule has 0 spiro atoms. The summed E-state index contributed by atoms with van der Waals surface area (Å²) in [5.41, 5.74) is 3.19. The first kappa shape index (κ1) is 16.7. The van der Waals surface area contributed by atoms with Crippen molar-refractivity contribution < 1.29 is 4.79 Å². The van der Waals surface area contributed by atoms with E-state index in [1.54, 1.807) is 6.07 Å². The summed E-state index contributed by atoms with van der Waals surface area (Å²) in [4.78, 5) is 24.9. The van der Waals surface area contributed by atoms with E-state index < -0.39 is 0 Å². The zero-order valence-electron chi connectivity index (χ0n) is 14.7. The lowest BCUT2D eigenvalue weighted by Crippen LogP contribution is -2.14. The van der Waals surface area contributed by atoms with Gasteiger partial charge in [0.25, 0.3) is 0 Å². The summed E-state index contributed by atoms with van der Waals surface area (Å²) in [7, 11) is 0. The Labute approximate surface area is 164 Å². The van der Waals surface area contributed by atoms with Crippen LogP contribution in [-0.4, -0.2) is 25.3 Å². The molecule has 2 saturated carbocycles. The maximum absolute atomic E-state index is 11.9. The Kier molecular flexibility index (Phi) is 4.07. The van der Waals surface area contributed by atoms with Gasteiger partial charge in [-0.15, -0.1) is 0 Å². The molecule has 2 aliphatic rings. The van der Waals surface area contributed by atoms with Gasteiger partial charge in [-0.05, 0) is 59.2 Å². The molecule has 8 heteroatoms. The number of hydrogen-bond donors (Lipinski definition) is 2. The zero-order chi connectivity index (χ0) is 18.4. The summed E-state index contributed by atoms with van der Waals surface area (Å²) in [6.07, 6.45) is 10.1. The average molecular weight is 427 g/mol. The largest absolute Gasteiger partial charge is 0.364 e. The van der Waals surface area contributed by atoms with Crippen molar-refractivity contribution in [2.75, 3.05) is 10.6 Å². The second-order valence-electron chi connectivity index (χ2n) is 7.26. The van der Waals surface area contributed by atoms with Gasteiger partial charge in [0, 0.05) is 24.4 Å². The van der Waals surface area contributed by atoms with Crippen molar-refractivity contribution in [2.24, 2.45) is 5.92 Å². The van der Waals surface area contributed by atoms with Crippen LogP contribution in [0.2, 0.25) is 0 Å². The fraction of sp³-hybridized carbons (Fsp3) is 0.368. The average Bonchev–Trinajstić information content (AvgIpc) is 3.56. The third-order valence-electron chi connectivity index (χ3n) is 4.94. The van der Waals surface area contributed by atoms with Gasteiger partial charge in [0.2, 0.25) is 5.91 Å². The topological polar surface area (TPSA) is 84.2 Å². The van der Waals surface area contributed by atoms with Gasteiger partial charge < -0.3 is 15.0 Å². The molecule has 2 fully saturated rings. The molecule has 2 aliphatic carbocycles. The normalized spacial score (nSPS) is 16.5. The van der Waals surface area contributed by atoms with Gasteiger partial charge in [0.15, 0.2) is 5.65 Å². The molecule has 27 heavy (non-hydrogen) atoms. The van der Waals surface area contributed by atoms with Crippen LogP contribution in [0.4, 0.5) is 11.6 Å². The minimum atomic E-state index is 0.0383. The van der Waals surface area contributed by atoms with Crippen LogP contribution in [0.1, 0.15) is 42.9 Å². The molecule has 7 nitrogen and oxygen atoms in total. The first-order chi connectivity index (χ1) is 13.2. The van der Waals surface area contributed by atoms with Crippen molar-refractivity contribution in [3.05, 3.63) is 46.6 Å². The molecular formula is C19H19BrN6O. The van der Waals surface area contributed by atoms with Crippen LogP contribution in [0.5, 0.6) is 0 Å². The van der Waals surface area contributed by atoms with E-state index in [1.165, 1.54) is 24.7 Å². The molecule has 0 radical (unpaired) electrons. The molecule has 138 valence electrons. The number of nitrogens with one attached hydrogen (secondary N) is 2. The fourth-order valence-electron chi connectivity index (χ4n) is 3.13. The van der Waals surface area contributed by atoms with Crippen LogP contribution in [0.3, 0.4) is 0 Å². The predicted octanol–water partition coefficient (Wildman–Crippen LogP) is 3.72. The minimum absolute atomic E-state index is 0.0383. The summed E-state index contributed by atoms with van der Waals surface area (Å²) in [6, 6.07) is 3.92. The molecule has 1 amide bonds. The third kappa shape index (κ3) is 3.66. The monoisotopic (exact) mass is 426 g/mol. The van der Waals surface area contributed by atoms with Crippen molar-refractivity contribution >= 4 is 39.1 Å². The smallest absolute Gasteiger partial charge is 0.228 e. The van der Waals surface area contributed by atoms with Gasteiger partial charge in [0.05, 0.1) is 16.7 Å². The lowest BCUT2D eigenvalue weighted by atomic mass is 10.2. The summed E-state index contributed by atoms with van der Waals surface area (Å²) in [5, 5.41) is 6.09. The van der Waals surface area contributed by atoms with Gasteiger partial charge in [0.1, 0.15) is 18.0 Å². The number of rotatable bonds is 6. The zero-order valence-corrected chi connectivity index (χ0v) is 16.2. The lowest BCUT2D eigenvalue weighted by molar-refractivity contribution is -0.117. The van der Waals surface area contributed by atoms with Gasteiger partial charge in [-0.3, -0.25) is 4.79 Å². The van der Waals surface area contributed by atoms with Crippen LogP contribution in [0, 0.1) is 5.92 Å². The molecule has 3 heterocycles. The van der Waals surface area contributed by atoms with Gasteiger partial charge in [-0.2, -0.15) is 0 Å². The molecule has 0 unspecified atom stereocenters. The van der Waals surface area contributed by atoms with Crippen molar-refractivity contribution in [3.8, 4) is 0 Å². The highest BCUT2D eigenvalue weighted by molar-refractivity contribution is 9.10. The van der Waals surface area contributed by atoms with Crippen LogP contribution < -0.4 is 10.6 Å². The predicted molar refractivity (Wildman–Crippen MR) is 106 cm³/mol. The van der Waals surface area contributed by atoms with E-state index in [-0.39, 0.29) is 11.8 Å².